The van der Waals surface area contributed by atoms with Gasteiger partial charge in [0.25, 0.3) is 5.91 Å². The van der Waals surface area contributed by atoms with Crippen LogP contribution in [0.5, 0.6) is 0 Å². The minimum absolute atomic E-state index is 0.0186. The number of hydrogen-bond acceptors (Lipinski definition) is 7. The Bertz CT molecular complexity index is 807. The summed E-state index contributed by atoms with van der Waals surface area (Å²) in [5, 5.41) is 15.1. The third-order valence-corrected chi connectivity index (χ3v) is 8.00. The van der Waals surface area contributed by atoms with Crippen molar-refractivity contribution >= 4 is 31.9 Å². The minimum atomic E-state index is -3.08. The highest BCUT2D eigenvalue weighted by molar-refractivity contribution is 7.33. The SMILES string of the molecule is CCCCC(CO[PH](=O)O[C@@H](C)C(=O)N1CCC[C@H]1C(=O)O)NC(=O)C(CCCC)NC(=O)C1CCC1. The third-order valence-electron chi connectivity index (χ3n) is 7.05. The van der Waals surface area contributed by atoms with E-state index in [1.807, 2.05) is 13.8 Å². The van der Waals surface area contributed by atoms with Crippen LogP contribution in [0.3, 0.4) is 0 Å². The van der Waals surface area contributed by atoms with Crippen molar-refractivity contribution < 1.29 is 37.9 Å². The summed E-state index contributed by atoms with van der Waals surface area (Å²) in [6.45, 7) is 5.71. The monoisotopic (exact) mass is 545 g/mol. The summed E-state index contributed by atoms with van der Waals surface area (Å²) in [5.41, 5.74) is 0. The van der Waals surface area contributed by atoms with Crippen molar-refractivity contribution in [2.45, 2.75) is 116 Å². The van der Waals surface area contributed by atoms with Crippen molar-refractivity contribution in [3.8, 4) is 0 Å². The molecule has 3 N–H and O–H groups in total. The van der Waals surface area contributed by atoms with Crippen LogP contribution in [0.2, 0.25) is 0 Å². The maximum Gasteiger partial charge on any atom is 0.326 e. The average molecular weight is 546 g/mol. The maximum atomic E-state index is 13.1. The van der Waals surface area contributed by atoms with E-state index in [1.165, 1.54) is 11.8 Å². The van der Waals surface area contributed by atoms with E-state index in [9.17, 15) is 28.8 Å². The fraction of sp³-hybridized carbons (Fsp3) is 0.840. The number of rotatable bonds is 17. The highest BCUT2D eigenvalue weighted by Gasteiger charge is 2.37. The molecule has 3 unspecified atom stereocenters. The van der Waals surface area contributed by atoms with E-state index >= 15 is 0 Å². The van der Waals surface area contributed by atoms with Crippen LogP contribution < -0.4 is 10.6 Å². The zero-order valence-corrected chi connectivity index (χ0v) is 23.3. The van der Waals surface area contributed by atoms with E-state index < -0.39 is 44.4 Å². The van der Waals surface area contributed by atoms with Crippen LogP contribution in [-0.4, -0.2) is 71.1 Å². The number of nitrogens with one attached hydrogen (secondary N) is 2. The summed E-state index contributed by atoms with van der Waals surface area (Å²) < 4.78 is 23.2. The van der Waals surface area contributed by atoms with Crippen molar-refractivity contribution in [1.29, 1.82) is 0 Å². The van der Waals surface area contributed by atoms with Gasteiger partial charge >= 0.3 is 14.2 Å². The number of carboxylic acids is 1. The maximum absolute atomic E-state index is 13.1. The first-order valence-electron chi connectivity index (χ1n) is 13.6. The summed E-state index contributed by atoms with van der Waals surface area (Å²) in [6, 6.07) is -1.97. The van der Waals surface area contributed by atoms with E-state index in [0.717, 1.165) is 44.9 Å². The van der Waals surface area contributed by atoms with Gasteiger partial charge in [0.05, 0.1) is 12.6 Å². The van der Waals surface area contributed by atoms with Gasteiger partial charge in [-0.2, -0.15) is 0 Å². The number of hydrogen-bond donors (Lipinski definition) is 3. The average Bonchev–Trinajstić information content (AvgIpc) is 3.32. The van der Waals surface area contributed by atoms with Crippen LogP contribution in [0, 0.1) is 5.92 Å². The molecular formula is C25H44N3O8P. The predicted octanol–water partition coefficient (Wildman–Crippen LogP) is 3.02. The van der Waals surface area contributed by atoms with Gasteiger partial charge < -0.3 is 25.2 Å². The van der Waals surface area contributed by atoms with Gasteiger partial charge in [0, 0.05) is 12.5 Å². The zero-order chi connectivity index (χ0) is 27.4. The number of amides is 3. The Morgan fingerprint density at radius 3 is 2.30 bits per heavy atom. The van der Waals surface area contributed by atoms with Crippen LogP contribution in [0.1, 0.15) is 91.4 Å². The molecule has 1 heterocycles. The van der Waals surface area contributed by atoms with Gasteiger partial charge in [0.15, 0.2) is 0 Å². The molecule has 1 aliphatic carbocycles. The second-order valence-electron chi connectivity index (χ2n) is 10.0. The molecule has 2 rings (SSSR count). The molecule has 2 aliphatic rings. The molecule has 1 saturated heterocycles. The lowest BCUT2D eigenvalue weighted by Crippen LogP contribution is -2.52. The Balaban J connectivity index is 1.89. The predicted molar refractivity (Wildman–Crippen MR) is 138 cm³/mol. The lowest BCUT2D eigenvalue weighted by Gasteiger charge is -2.28. The molecule has 0 aromatic rings. The summed E-state index contributed by atoms with van der Waals surface area (Å²) in [7, 11) is -3.08. The van der Waals surface area contributed by atoms with Gasteiger partial charge in [-0.05, 0) is 45.4 Å². The molecule has 0 bridgehead atoms. The van der Waals surface area contributed by atoms with Crippen molar-refractivity contribution in [3.05, 3.63) is 0 Å². The Kier molecular flexibility index (Phi) is 13.6. The number of carboxylic acid groups (broad SMARTS) is 1. The second kappa shape index (κ2) is 16.1. The third kappa shape index (κ3) is 10.0. The van der Waals surface area contributed by atoms with E-state index in [-0.39, 0.29) is 24.3 Å². The Morgan fingerprint density at radius 2 is 1.70 bits per heavy atom. The number of carbonyl (C=O) groups is 4. The minimum Gasteiger partial charge on any atom is -0.480 e. The Labute approximate surface area is 220 Å². The molecular weight excluding hydrogens is 501 g/mol. The molecule has 0 aromatic carbocycles. The molecule has 0 spiro atoms. The summed E-state index contributed by atoms with van der Waals surface area (Å²) in [5.74, 6) is -2.00. The number of carbonyl (C=O) groups excluding carboxylic acids is 3. The van der Waals surface area contributed by atoms with Crippen LogP contribution >= 0.6 is 8.25 Å². The lowest BCUT2D eigenvalue weighted by atomic mass is 9.84. The number of likely N-dealkylation sites (tertiary alicyclic amines) is 1. The first-order chi connectivity index (χ1) is 17.7. The zero-order valence-electron chi connectivity index (χ0n) is 22.3. The van der Waals surface area contributed by atoms with Gasteiger partial charge in [-0.25, -0.2) is 4.79 Å². The van der Waals surface area contributed by atoms with Gasteiger partial charge in [-0.1, -0.05) is 46.0 Å². The first-order valence-corrected chi connectivity index (χ1v) is 14.9. The molecule has 1 saturated carbocycles. The highest BCUT2D eigenvalue weighted by Crippen LogP contribution is 2.29. The van der Waals surface area contributed by atoms with E-state index in [2.05, 4.69) is 10.6 Å². The second-order valence-corrected chi connectivity index (χ2v) is 11.1. The molecule has 0 aromatic heterocycles. The quantitative estimate of drug-likeness (QED) is 0.236. The van der Waals surface area contributed by atoms with Crippen molar-refractivity contribution in [2.24, 2.45) is 5.92 Å². The molecule has 3 amide bonds. The summed E-state index contributed by atoms with van der Waals surface area (Å²) in [6.07, 6.45) is 7.10. The van der Waals surface area contributed by atoms with Gasteiger partial charge in [-0.3, -0.25) is 23.5 Å². The van der Waals surface area contributed by atoms with Crippen molar-refractivity contribution in [3.63, 3.8) is 0 Å². The van der Waals surface area contributed by atoms with Crippen molar-refractivity contribution in [2.75, 3.05) is 13.2 Å². The number of nitrogens with zero attached hydrogens (tertiary/aromatic N) is 1. The van der Waals surface area contributed by atoms with Crippen LogP contribution in [0.15, 0.2) is 0 Å². The fourth-order valence-electron chi connectivity index (χ4n) is 4.50. The summed E-state index contributed by atoms with van der Waals surface area (Å²) in [4.78, 5) is 50.7. The molecule has 0 radical (unpaired) electrons. The highest BCUT2D eigenvalue weighted by atomic mass is 31.1. The van der Waals surface area contributed by atoms with Crippen LogP contribution in [0.25, 0.3) is 0 Å². The van der Waals surface area contributed by atoms with Gasteiger partial charge in [-0.15, -0.1) is 0 Å². The Hall–Kier alpha value is -1.97. The lowest BCUT2D eigenvalue weighted by molar-refractivity contribution is -0.151. The van der Waals surface area contributed by atoms with Gasteiger partial charge in [0.2, 0.25) is 11.8 Å². The van der Waals surface area contributed by atoms with E-state index in [0.29, 0.717) is 32.2 Å². The standard InChI is InChI=1S/C25H44N3O8P/c1-4-6-12-19(26-23(30)20(13-7-5-2)27-22(29)18-10-8-11-18)16-35-37(34)36-17(3)24(31)28-15-9-14-21(28)25(32)33/h17-21,37H,4-16H2,1-3H3,(H,26,30)(H,27,29)(H,32,33)/t17-,19?,20?,21-/m0/s1. The van der Waals surface area contributed by atoms with E-state index in [4.69, 9.17) is 9.05 Å². The Morgan fingerprint density at radius 1 is 1.03 bits per heavy atom. The van der Waals surface area contributed by atoms with Crippen LogP contribution in [0.4, 0.5) is 0 Å². The molecule has 1 aliphatic heterocycles. The van der Waals surface area contributed by atoms with Crippen LogP contribution in [-0.2, 0) is 32.8 Å². The van der Waals surface area contributed by atoms with E-state index in [1.54, 1.807) is 0 Å². The largest absolute Gasteiger partial charge is 0.480 e. The normalized spacial score (nSPS) is 20.9. The molecule has 12 heteroatoms. The van der Waals surface area contributed by atoms with Crippen molar-refractivity contribution in [1.82, 2.24) is 15.5 Å². The number of unbranched alkanes of at least 4 members (excludes halogenated alkanes) is 2. The molecule has 2 fully saturated rings. The molecule has 11 nitrogen and oxygen atoms in total. The molecule has 212 valence electrons. The molecule has 37 heavy (non-hydrogen) atoms. The first kappa shape index (κ1) is 31.2. The topological polar surface area (TPSA) is 151 Å². The molecule has 5 atom stereocenters. The smallest absolute Gasteiger partial charge is 0.326 e. The number of aliphatic carboxylic acids is 1. The van der Waals surface area contributed by atoms with Gasteiger partial charge in [0.1, 0.15) is 18.2 Å². The fourth-order valence-corrected chi connectivity index (χ4v) is 5.30. The summed E-state index contributed by atoms with van der Waals surface area (Å²) >= 11 is 0.